The van der Waals surface area contributed by atoms with Gasteiger partial charge in [-0.25, -0.2) is 0 Å². The van der Waals surface area contributed by atoms with Gasteiger partial charge in [0.15, 0.2) is 0 Å². The maximum absolute atomic E-state index is 4.02. The number of hydrogen-bond donors (Lipinski definition) is 0. The van der Waals surface area contributed by atoms with Crippen LogP contribution in [0.15, 0.2) is 28.2 Å². The Labute approximate surface area is 58.3 Å². The highest BCUT2D eigenvalue weighted by Crippen LogP contribution is 2.03. The highest BCUT2D eigenvalue weighted by Gasteiger charge is 1.94. The molecule has 0 aliphatic carbocycles. The molecular formula is C8H6N2. The fourth-order valence-corrected chi connectivity index (χ4v) is 0.934. The Morgan fingerprint density at radius 1 is 1.40 bits per heavy atom. The molecule has 1 aromatic carbocycles. The van der Waals surface area contributed by atoms with Crippen molar-refractivity contribution in [2.45, 2.75) is 0 Å². The van der Waals surface area contributed by atoms with Crippen LogP contribution in [0.3, 0.4) is 0 Å². The molecule has 0 amide bonds. The Morgan fingerprint density at radius 2 is 2.30 bits per heavy atom. The van der Waals surface area contributed by atoms with Crippen molar-refractivity contribution in [2.75, 3.05) is 0 Å². The fourth-order valence-electron chi connectivity index (χ4n) is 0.934. The zero-order valence-corrected chi connectivity index (χ0v) is 5.41. The second-order valence-electron chi connectivity index (χ2n) is 2.16. The third kappa shape index (κ3) is 0.589. The van der Waals surface area contributed by atoms with Crippen LogP contribution in [0, 0.1) is 0 Å². The molecule has 0 fully saturated rings. The van der Waals surface area contributed by atoms with Gasteiger partial charge in [0.1, 0.15) is 0 Å². The van der Waals surface area contributed by atoms with E-state index >= 15 is 0 Å². The molecular weight excluding hydrogens is 124 g/mol. The average molecular weight is 130 g/mol. The van der Waals surface area contributed by atoms with Gasteiger partial charge < -0.3 is 0 Å². The van der Waals surface area contributed by atoms with Crippen molar-refractivity contribution >= 4 is 18.6 Å². The summed E-state index contributed by atoms with van der Waals surface area (Å²) in [6.45, 7) is 3.43. The maximum Gasteiger partial charge on any atom is 0.0719 e. The van der Waals surface area contributed by atoms with Crippen LogP contribution in [0.2, 0.25) is 0 Å². The van der Waals surface area contributed by atoms with Gasteiger partial charge in [-0.1, -0.05) is 0 Å². The van der Waals surface area contributed by atoms with Crippen LogP contribution in [-0.4, -0.2) is 6.72 Å². The minimum Gasteiger partial charge on any atom is -0.265 e. The summed E-state index contributed by atoms with van der Waals surface area (Å²) in [7, 11) is 0. The zero-order chi connectivity index (χ0) is 6.97. The molecule has 1 aliphatic heterocycles. The number of nitrogens with zero attached hydrogens (tertiary/aromatic N) is 2. The van der Waals surface area contributed by atoms with Crippen molar-refractivity contribution in [1.29, 1.82) is 0 Å². The molecule has 2 nitrogen and oxygen atoms in total. The summed E-state index contributed by atoms with van der Waals surface area (Å²) in [5.41, 5.74) is 0.907. The van der Waals surface area contributed by atoms with E-state index in [2.05, 4.69) is 16.7 Å². The van der Waals surface area contributed by atoms with Crippen molar-refractivity contribution in [1.82, 2.24) is 0 Å². The summed E-state index contributed by atoms with van der Waals surface area (Å²) in [5.74, 6) is 0. The lowest BCUT2D eigenvalue weighted by Gasteiger charge is -1.97. The van der Waals surface area contributed by atoms with Gasteiger partial charge >= 0.3 is 0 Å². The largest absolute Gasteiger partial charge is 0.265 e. The first-order valence-corrected chi connectivity index (χ1v) is 3.05. The smallest absolute Gasteiger partial charge is 0.0719 e. The zero-order valence-electron chi connectivity index (χ0n) is 5.41. The van der Waals surface area contributed by atoms with Crippen molar-refractivity contribution < 1.29 is 0 Å². The quantitative estimate of drug-likeness (QED) is 0.491. The van der Waals surface area contributed by atoms with Crippen LogP contribution in [0.5, 0.6) is 0 Å². The highest BCUT2D eigenvalue weighted by atomic mass is 14.7. The topological polar surface area (TPSA) is 24.7 Å². The van der Waals surface area contributed by atoms with Gasteiger partial charge in [-0.05, 0) is 24.9 Å². The van der Waals surface area contributed by atoms with E-state index in [0.717, 1.165) is 16.3 Å². The van der Waals surface area contributed by atoms with Crippen molar-refractivity contribution in [3.05, 3.63) is 28.8 Å². The molecule has 0 saturated carbocycles. The molecule has 0 bridgehead atoms. The van der Waals surface area contributed by atoms with Crippen molar-refractivity contribution in [3.63, 3.8) is 0 Å². The Balaban J connectivity index is 2.75. The summed E-state index contributed by atoms with van der Waals surface area (Å²) in [4.78, 5) is 7.82. The van der Waals surface area contributed by atoms with E-state index in [4.69, 9.17) is 0 Å². The molecule has 1 aliphatic rings. The van der Waals surface area contributed by atoms with E-state index in [-0.39, 0.29) is 0 Å². The number of hydrogen-bond acceptors (Lipinski definition) is 2. The molecule has 10 heavy (non-hydrogen) atoms. The first-order chi connectivity index (χ1) is 4.90. The van der Waals surface area contributed by atoms with E-state index in [0.29, 0.717) is 0 Å². The second kappa shape index (κ2) is 1.77. The lowest BCUT2D eigenvalue weighted by atomic mass is 10.2. The predicted molar refractivity (Wildman–Crippen MR) is 40.9 cm³/mol. The summed E-state index contributed by atoms with van der Waals surface area (Å²) in [6.07, 6.45) is 1.82. The first kappa shape index (κ1) is 5.35. The fraction of sp³-hybridized carbons (Fsp3) is 0. The monoisotopic (exact) mass is 130 g/mol. The molecule has 0 atom stereocenters. The molecule has 0 aromatic heterocycles. The van der Waals surface area contributed by atoms with Gasteiger partial charge in [0.2, 0.25) is 0 Å². The van der Waals surface area contributed by atoms with Gasteiger partial charge in [-0.2, -0.15) is 0 Å². The van der Waals surface area contributed by atoms with Gasteiger partial charge in [-0.15, -0.1) is 0 Å². The predicted octanol–water partition coefficient (Wildman–Crippen LogP) is 0.390. The van der Waals surface area contributed by atoms with Gasteiger partial charge in [0.05, 0.1) is 11.0 Å². The number of aliphatic imine (C=N–C) groups is 1. The molecule has 48 valence electrons. The molecule has 1 aromatic rings. The van der Waals surface area contributed by atoms with Gasteiger partial charge in [0, 0.05) is 11.4 Å². The van der Waals surface area contributed by atoms with E-state index in [1.54, 1.807) is 0 Å². The van der Waals surface area contributed by atoms with Gasteiger partial charge in [0.25, 0.3) is 0 Å². The molecule has 0 unspecified atom stereocenters. The van der Waals surface area contributed by atoms with E-state index < -0.39 is 0 Å². The van der Waals surface area contributed by atoms with Crippen LogP contribution in [0.25, 0.3) is 6.20 Å². The average Bonchev–Trinajstić information content (AvgIpc) is 1.92. The lowest BCUT2D eigenvalue weighted by molar-refractivity contribution is 1.26. The summed E-state index contributed by atoms with van der Waals surface area (Å²) in [5, 5.41) is 2.21. The normalized spacial score (nSPS) is 12.0. The van der Waals surface area contributed by atoms with Crippen LogP contribution in [-0.2, 0) is 0 Å². The Hall–Kier alpha value is -1.44. The Morgan fingerprint density at radius 3 is 2.80 bits per heavy atom. The van der Waals surface area contributed by atoms with Gasteiger partial charge in [-0.3, -0.25) is 9.98 Å². The lowest BCUT2D eigenvalue weighted by Crippen LogP contribution is -2.29. The minimum atomic E-state index is 0.907. The third-order valence-corrected chi connectivity index (χ3v) is 1.54. The van der Waals surface area contributed by atoms with Crippen molar-refractivity contribution in [2.24, 2.45) is 9.98 Å². The number of fused-ring (bicyclic) bond motifs is 1. The number of benzene rings is 1. The van der Waals surface area contributed by atoms with Crippen LogP contribution in [0.1, 0.15) is 0 Å². The van der Waals surface area contributed by atoms with Crippen LogP contribution >= 0.6 is 0 Å². The molecule has 2 heteroatoms. The van der Waals surface area contributed by atoms with E-state index in [1.807, 2.05) is 24.4 Å². The molecule has 0 saturated heterocycles. The third-order valence-electron chi connectivity index (χ3n) is 1.54. The standard InChI is InChI=1S/C8H6N2/c1-9-7-2-3-8-6(4-7)5-10-8/h2-5H,1H2. The molecule has 0 N–H and O–H groups in total. The van der Waals surface area contributed by atoms with E-state index in [1.165, 1.54) is 0 Å². The summed E-state index contributed by atoms with van der Waals surface area (Å²) < 4.78 is 0. The SMILES string of the molecule is C=Nc1ccc2c(c1)=CN=2. The second-order valence-corrected chi connectivity index (χ2v) is 2.16. The summed E-state index contributed by atoms with van der Waals surface area (Å²) in [6, 6.07) is 5.82. The first-order valence-electron chi connectivity index (χ1n) is 3.05. The van der Waals surface area contributed by atoms with E-state index in [9.17, 15) is 0 Å². The van der Waals surface area contributed by atoms with Crippen LogP contribution in [0.4, 0.5) is 5.69 Å². The number of rotatable bonds is 1. The molecule has 1 heterocycles. The molecule has 0 spiro atoms. The maximum atomic E-state index is 4.02. The molecule has 2 rings (SSSR count). The Kier molecular flexibility index (Phi) is 0.947. The summed E-state index contributed by atoms with van der Waals surface area (Å²) >= 11 is 0. The van der Waals surface area contributed by atoms with Crippen LogP contribution < -0.4 is 10.6 Å². The molecule has 0 radical (unpaired) electrons. The minimum absolute atomic E-state index is 0.907. The Bertz CT molecular complexity index is 390. The van der Waals surface area contributed by atoms with Crippen molar-refractivity contribution in [3.8, 4) is 0 Å². The highest BCUT2D eigenvalue weighted by molar-refractivity contribution is 5.47.